The van der Waals surface area contributed by atoms with E-state index < -0.39 is 0 Å². The smallest absolute Gasteiger partial charge is 0.0656 e. The minimum atomic E-state index is -0.350. The molecule has 1 fully saturated rings. The van der Waals surface area contributed by atoms with Crippen molar-refractivity contribution in [3.8, 4) is 0 Å². The zero-order valence-electron chi connectivity index (χ0n) is 9.57. The number of aryl methyl sites for hydroxylation is 1. The molecule has 0 atom stereocenters. The molecule has 0 aromatic carbocycles. The molecule has 2 heteroatoms. The minimum Gasteiger partial charge on any atom is -0.390 e. The highest BCUT2D eigenvalue weighted by molar-refractivity contribution is 7.07. The van der Waals surface area contributed by atoms with Gasteiger partial charge >= 0.3 is 0 Å². The van der Waals surface area contributed by atoms with Gasteiger partial charge in [0.05, 0.1) is 5.60 Å². The van der Waals surface area contributed by atoms with Gasteiger partial charge in [0.15, 0.2) is 0 Å². The summed E-state index contributed by atoms with van der Waals surface area (Å²) < 4.78 is 0. The molecule has 1 aromatic rings. The zero-order chi connectivity index (χ0) is 10.9. The first kappa shape index (κ1) is 11.2. The maximum Gasteiger partial charge on any atom is 0.0656 e. The lowest BCUT2D eigenvalue weighted by Crippen LogP contribution is -2.46. The first-order valence-electron chi connectivity index (χ1n) is 5.82. The molecule has 0 spiro atoms. The largest absolute Gasteiger partial charge is 0.390 e. The molecule has 1 N–H and O–H groups in total. The number of thiophene rings is 1. The molecule has 0 saturated heterocycles. The summed E-state index contributed by atoms with van der Waals surface area (Å²) >= 11 is 1.74. The molecule has 0 aliphatic heterocycles. The monoisotopic (exact) mass is 224 g/mol. The van der Waals surface area contributed by atoms with Gasteiger partial charge in [-0.1, -0.05) is 13.8 Å². The third-order valence-corrected chi connectivity index (χ3v) is 4.42. The Balaban J connectivity index is 1.77. The van der Waals surface area contributed by atoms with E-state index in [4.69, 9.17) is 0 Å². The van der Waals surface area contributed by atoms with Gasteiger partial charge in [-0.15, -0.1) is 0 Å². The summed E-state index contributed by atoms with van der Waals surface area (Å²) in [6, 6.07) is 2.16. The lowest BCUT2D eigenvalue weighted by Gasteiger charge is -2.46. The lowest BCUT2D eigenvalue weighted by atomic mass is 9.64. The van der Waals surface area contributed by atoms with E-state index in [0.717, 1.165) is 37.5 Å². The molecule has 1 aliphatic rings. The van der Waals surface area contributed by atoms with Gasteiger partial charge in [-0.3, -0.25) is 0 Å². The van der Waals surface area contributed by atoms with Gasteiger partial charge in [-0.25, -0.2) is 0 Å². The Hall–Kier alpha value is -0.340. The quantitative estimate of drug-likeness (QED) is 0.830. The van der Waals surface area contributed by atoms with E-state index in [0.29, 0.717) is 0 Å². The second-order valence-electron chi connectivity index (χ2n) is 5.27. The highest BCUT2D eigenvalue weighted by atomic mass is 32.1. The Kier molecular flexibility index (Phi) is 3.17. The van der Waals surface area contributed by atoms with Gasteiger partial charge < -0.3 is 5.11 Å². The maximum absolute atomic E-state index is 10.2. The van der Waals surface area contributed by atoms with Gasteiger partial charge in [0.1, 0.15) is 0 Å². The van der Waals surface area contributed by atoms with Gasteiger partial charge in [0.25, 0.3) is 0 Å². The van der Waals surface area contributed by atoms with Crippen LogP contribution in [0.3, 0.4) is 0 Å². The van der Waals surface area contributed by atoms with E-state index in [2.05, 4.69) is 30.7 Å². The molecule has 84 valence electrons. The predicted molar refractivity (Wildman–Crippen MR) is 65.2 cm³/mol. The summed E-state index contributed by atoms with van der Waals surface area (Å²) in [7, 11) is 0. The van der Waals surface area contributed by atoms with E-state index >= 15 is 0 Å². The molecule has 1 nitrogen and oxygen atoms in total. The minimum absolute atomic E-state index is 0.350. The topological polar surface area (TPSA) is 20.2 Å². The zero-order valence-corrected chi connectivity index (χ0v) is 10.4. The Labute approximate surface area is 96.1 Å². The van der Waals surface area contributed by atoms with Crippen LogP contribution in [0.15, 0.2) is 16.8 Å². The number of hydrogen-bond donors (Lipinski definition) is 1. The average Bonchev–Trinajstić information content (AvgIpc) is 2.62. The van der Waals surface area contributed by atoms with Crippen LogP contribution >= 0.6 is 11.3 Å². The van der Waals surface area contributed by atoms with Crippen molar-refractivity contribution in [2.75, 3.05) is 0 Å². The third kappa shape index (κ3) is 2.61. The van der Waals surface area contributed by atoms with Gasteiger partial charge in [-0.2, -0.15) is 11.3 Å². The van der Waals surface area contributed by atoms with E-state index in [1.54, 1.807) is 11.3 Å². The Morgan fingerprint density at radius 1 is 1.53 bits per heavy atom. The van der Waals surface area contributed by atoms with E-state index in [1.165, 1.54) is 5.56 Å². The van der Waals surface area contributed by atoms with E-state index in [-0.39, 0.29) is 5.60 Å². The Morgan fingerprint density at radius 2 is 2.27 bits per heavy atom. The van der Waals surface area contributed by atoms with Crippen molar-refractivity contribution >= 4 is 11.3 Å². The standard InChI is InChI=1S/C13H20OS/c1-10(2)12-7-13(14,8-12)5-3-11-4-6-15-9-11/h4,6,9-10,12,14H,3,5,7-8H2,1-2H3. The van der Waals surface area contributed by atoms with Gasteiger partial charge in [-0.05, 0) is 59.9 Å². The summed E-state index contributed by atoms with van der Waals surface area (Å²) in [5.74, 6) is 1.48. The average molecular weight is 224 g/mol. The highest BCUT2D eigenvalue weighted by Crippen LogP contribution is 2.44. The van der Waals surface area contributed by atoms with Crippen molar-refractivity contribution in [1.82, 2.24) is 0 Å². The summed E-state index contributed by atoms with van der Waals surface area (Å²) in [5, 5.41) is 14.5. The molecule has 0 amide bonds. The fourth-order valence-corrected chi connectivity index (χ4v) is 3.11. The fourth-order valence-electron chi connectivity index (χ4n) is 2.40. The molecular weight excluding hydrogens is 204 g/mol. The molecule has 0 radical (unpaired) electrons. The number of aliphatic hydroxyl groups is 1. The molecule has 0 bridgehead atoms. The second-order valence-corrected chi connectivity index (χ2v) is 6.05. The second kappa shape index (κ2) is 4.26. The summed E-state index contributed by atoms with van der Waals surface area (Å²) in [5.41, 5.74) is 1.03. The number of hydrogen-bond acceptors (Lipinski definition) is 2. The molecule has 1 aromatic heterocycles. The van der Waals surface area contributed by atoms with Gasteiger partial charge in [0, 0.05) is 0 Å². The summed E-state index contributed by atoms with van der Waals surface area (Å²) in [6.45, 7) is 4.51. The molecular formula is C13H20OS. The van der Waals surface area contributed by atoms with Crippen molar-refractivity contribution in [3.63, 3.8) is 0 Å². The molecule has 1 heterocycles. The van der Waals surface area contributed by atoms with Crippen LogP contribution in [0, 0.1) is 11.8 Å². The first-order valence-corrected chi connectivity index (χ1v) is 6.77. The van der Waals surface area contributed by atoms with Crippen LogP contribution in [0.5, 0.6) is 0 Å². The molecule has 15 heavy (non-hydrogen) atoms. The Morgan fingerprint density at radius 3 is 2.80 bits per heavy atom. The number of rotatable bonds is 4. The van der Waals surface area contributed by atoms with E-state index in [9.17, 15) is 5.11 Å². The lowest BCUT2D eigenvalue weighted by molar-refractivity contribution is -0.0920. The van der Waals surface area contributed by atoms with Crippen molar-refractivity contribution in [2.45, 2.75) is 45.1 Å². The maximum atomic E-state index is 10.2. The molecule has 2 rings (SSSR count). The summed E-state index contributed by atoms with van der Waals surface area (Å²) in [4.78, 5) is 0. The van der Waals surface area contributed by atoms with Crippen LogP contribution in [-0.2, 0) is 6.42 Å². The Bertz CT molecular complexity index is 296. The van der Waals surface area contributed by atoms with Crippen molar-refractivity contribution in [3.05, 3.63) is 22.4 Å². The van der Waals surface area contributed by atoms with Crippen LogP contribution in [0.4, 0.5) is 0 Å². The summed E-state index contributed by atoms with van der Waals surface area (Å²) in [6.07, 6.45) is 3.99. The normalized spacial score (nSPS) is 30.5. The van der Waals surface area contributed by atoms with Crippen molar-refractivity contribution in [2.24, 2.45) is 11.8 Å². The SMILES string of the molecule is CC(C)C1CC(O)(CCc2ccsc2)C1. The highest BCUT2D eigenvalue weighted by Gasteiger charge is 2.42. The molecule has 1 aliphatic carbocycles. The van der Waals surface area contributed by atoms with Crippen LogP contribution in [0.2, 0.25) is 0 Å². The molecule has 0 unspecified atom stereocenters. The van der Waals surface area contributed by atoms with Crippen molar-refractivity contribution in [1.29, 1.82) is 0 Å². The van der Waals surface area contributed by atoms with Crippen LogP contribution in [0.25, 0.3) is 0 Å². The van der Waals surface area contributed by atoms with Crippen LogP contribution in [0.1, 0.15) is 38.7 Å². The van der Waals surface area contributed by atoms with Crippen molar-refractivity contribution < 1.29 is 5.11 Å². The van der Waals surface area contributed by atoms with Crippen LogP contribution in [-0.4, -0.2) is 10.7 Å². The molecule has 1 saturated carbocycles. The third-order valence-electron chi connectivity index (χ3n) is 3.69. The predicted octanol–water partition coefficient (Wildman–Crippen LogP) is 3.48. The first-order chi connectivity index (χ1) is 7.09. The van der Waals surface area contributed by atoms with Crippen LogP contribution < -0.4 is 0 Å². The van der Waals surface area contributed by atoms with E-state index in [1.807, 2.05) is 0 Å². The fraction of sp³-hybridized carbons (Fsp3) is 0.692. The van der Waals surface area contributed by atoms with Gasteiger partial charge in [0.2, 0.25) is 0 Å².